The summed E-state index contributed by atoms with van der Waals surface area (Å²) in [6.45, 7) is 0. The highest BCUT2D eigenvalue weighted by Crippen LogP contribution is 2.36. The first kappa shape index (κ1) is 22.3. The van der Waals surface area contributed by atoms with Gasteiger partial charge in [-0.05, 0) is 47.5 Å². The lowest BCUT2D eigenvalue weighted by atomic mass is 10.1. The fraction of sp³-hybridized carbons (Fsp3) is 0.0741. The van der Waals surface area contributed by atoms with E-state index in [-0.39, 0.29) is 11.8 Å². The van der Waals surface area contributed by atoms with Gasteiger partial charge < -0.3 is 10.6 Å². The number of amides is 2. The topological polar surface area (TPSA) is 71.1 Å². The number of carbonyl (C=O) groups excluding carboxylic acids is 2. The molecule has 0 aliphatic rings. The SMILES string of the molecule is O=C(Cc1ccccc1)Nc1ccc(SC(C(=O)Nc2ccncc2)c2ccccc2)cc1. The van der Waals surface area contributed by atoms with E-state index in [1.165, 1.54) is 11.8 Å². The number of thioether (sulfide) groups is 1. The molecule has 33 heavy (non-hydrogen) atoms. The average Bonchev–Trinajstić information content (AvgIpc) is 2.85. The van der Waals surface area contributed by atoms with E-state index in [4.69, 9.17) is 0 Å². The van der Waals surface area contributed by atoms with Crippen molar-refractivity contribution in [2.75, 3.05) is 10.6 Å². The lowest BCUT2D eigenvalue weighted by Crippen LogP contribution is -2.19. The molecule has 5 nitrogen and oxygen atoms in total. The Morgan fingerprint density at radius 3 is 2.00 bits per heavy atom. The van der Waals surface area contributed by atoms with Gasteiger partial charge in [0.05, 0.1) is 6.42 Å². The number of anilines is 2. The normalized spacial score (nSPS) is 11.4. The Kier molecular flexibility index (Phi) is 7.51. The van der Waals surface area contributed by atoms with Gasteiger partial charge in [-0.25, -0.2) is 0 Å². The number of hydrogen-bond acceptors (Lipinski definition) is 4. The number of nitrogens with one attached hydrogen (secondary N) is 2. The van der Waals surface area contributed by atoms with Crippen molar-refractivity contribution < 1.29 is 9.59 Å². The third-order valence-corrected chi connectivity index (χ3v) is 6.15. The van der Waals surface area contributed by atoms with Crippen molar-refractivity contribution in [2.24, 2.45) is 0 Å². The molecule has 6 heteroatoms. The quantitative estimate of drug-likeness (QED) is 0.334. The second kappa shape index (κ2) is 11.1. The number of carbonyl (C=O) groups is 2. The van der Waals surface area contributed by atoms with E-state index in [1.54, 1.807) is 24.5 Å². The molecule has 164 valence electrons. The van der Waals surface area contributed by atoms with E-state index >= 15 is 0 Å². The predicted octanol–water partition coefficient (Wildman–Crippen LogP) is 5.73. The van der Waals surface area contributed by atoms with Gasteiger partial charge in [0.25, 0.3) is 0 Å². The third kappa shape index (κ3) is 6.54. The summed E-state index contributed by atoms with van der Waals surface area (Å²) < 4.78 is 0. The first-order valence-electron chi connectivity index (χ1n) is 10.5. The second-order valence-electron chi connectivity index (χ2n) is 7.37. The van der Waals surface area contributed by atoms with Gasteiger partial charge in [0.2, 0.25) is 11.8 Å². The zero-order chi connectivity index (χ0) is 22.9. The molecule has 1 heterocycles. The van der Waals surface area contributed by atoms with E-state index in [9.17, 15) is 9.59 Å². The number of nitrogens with zero attached hydrogens (tertiary/aromatic N) is 1. The second-order valence-corrected chi connectivity index (χ2v) is 8.55. The van der Waals surface area contributed by atoms with Gasteiger partial charge in [-0.3, -0.25) is 14.6 Å². The molecule has 0 aliphatic heterocycles. The minimum atomic E-state index is -0.433. The van der Waals surface area contributed by atoms with Gasteiger partial charge in [-0.15, -0.1) is 11.8 Å². The highest BCUT2D eigenvalue weighted by Gasteiger charge is 2.22. The molecule has 1 unspecified atom stereocenters. The standard InChI is InChI=1S/C27H23N3O2S/c31-25(19-20-7-3-1-4-8-20)29-22-11-13-24(14-12-22)33-26(21-9-5-2-6-10-21)27(32)30-23-15-17-28-18-16-23/h1-18,26H,19H2,(H,29,31)(H,28,30,32). The number of rotatable bonds is 8. The summed E-state index contributed by atoms with van der Waals surface area (Å²) in [6, 6.07) is 30.4. The monoisotopic (exact) mass is 453 g/mol. The lowest BCUT2D eigenvalue weighted by Gasteiger charge is -2.17. The molecule has 4 rings (SSSR count). The number of aromatic nitrogens is 1. The van der Waals surface area contributed by atoms with Gasteiger partial charge in [0.1, 0.15) is 5.25 Å². The van der Waals surface area contributed by atoms with E-state index in [2.05, 4.69) is 15.6 Å². The van der Waals surface area contributed by atoms with Crippen LogP contribution in [0.4, 0.5) is 11.4 Å². The smallest absolute Gasteiger partial charge is 0.242 e. The molecule has 0 spiro atoms. The Morgan fingerprint density at radius 1 is 0.727 bits per heavy atom. The lowest BCUT2D eigenvalue weighted by molar-refractivity contribution is -0.116. The largest absolute Gasteiger partial charge is 0.326 e. The van der Waals surface area contributed by atoms with Crippen LogP contribution in [0.1, 0.15) is 16.4 Å². The highest BCUT2D eigenvalue weighted by molar-refractivity contribution is 8.00. The molecule has 2 amide bonds. The summed E-state index contributed by atoms with van der Waals surface area (Å²) in [5, 5.41) is 5.46. The molecule has 0 saturated heterocycles. The maximum Gasteiger partial charge on any atom is 0.242 e. The van der Waals surface area contributed by atoms with Crippen LogP contribution in [0.2, 0.25) is 0 Å². The summed E-state index contributed by atoms with van der Waals surface area (Å²) in [6.07, 6.45) is 3.61. The Morgan fingerprint density at radius 2 is 1.33 bits per heavy atom. The molecule has 1 aromatic heterocycles. The van der Waals surface area contributed by atoms with Crippen LogP contribution in [0.15, 0.2) is 114 Å². The van der Waals surface area contributed by atoms with Crippen LogP contribution in [0.3, 0.4) is 0 Å². The maximum absolute atomic E-state index is 13.1. The van der Waals surface area contributed by atoms with Crippen molar-refractivity contribution in [3.63, 3.8) is 0 Å². The van der Waals surface area contributed by atoms with Crippen LogP contribution in [-0.2, 0) is 16.0 Å². The Balaban J connectivity index is 1.43. The first-order chi connectivity index (χ1) is 16.2. The van der Waals surface area contributed by atoms with Crippen molar-refractivity contribution in [1.29, 1.82) is 0 Å². The van der Waals surface area contributed by atoms with Crippen LogP contribution in [0.25, 0.3) is 0 Å². The molecule has 1 atom stereocenters. The van der Waals surface area contributed by atoms with Crippen LogP contribution in [0, 0.1) is 0 Å². The van der Waals surface area contributed by atoms with E-state index in [0.29, 0.717) is 12.1 Å². The first-order valence-corrected chi connectivity index (χ1v) is 11.4. The summed E-state index contributed by atoms with van der Waals surface area (Å²) in [5.74, 6) is -0.182. The molecule has 3 aromatic carbocycles. The van der Waals surface area contributed by atoms with Crippen molar-refractivity contribution in [3.8, 4) is 0 Å². The fourth-order valence-corrected chi connectivity index (χ4v) is 4.31. The number of benzene rings is 3. The highest BCUT2D eigenvalue weighted by atomic mass is 32.2. The van der Waals surface area contributed by atoms with Gasteiger partial charge in [-0.2, -0.15) is 0 Å². The Bertz CT molecular complexity index is 1180. The van der Waals surface area contributed by atoms with Crippen LogP contribution >= 0.6 is 11.8 Å². The van der Waals surface area contributed by atoms with Gasteiger partial charge in [0.15, 0.2) is 0 Å². The summed E-state index contributed by atoms with van der Waals surface area (Å²) in [7, 11) is 0. The molecule has 2 N–H and O–H groups in total. The maximum atomic E-state index is 13.1. The zero-order valence-corrected chi connectivity index (χ0v) is 18.7. The Labute approximate surface area is 197 Å². The third-order valence-electron chi connectivity index (χ3n) is 4.89. The van der Waals surface area contributed by atoms with E-state index in [0.717, 1.165) is 21.7 Å². The molecular formula is C27H23N3O2S. The minimum absolute atomic E-state index is 0.0690. The average molecular weight is 454 g/mol. The minimum Gasteiger partial charge on any atom is -0.326 e. The van der Waals surface area contributed by atoms with Crippen molar-refractivity contribution in [3.05, 3.63) is 121 Å². The van der Waals surface area contributed by atoms with Gasteiger partial charge >= 0.3 is 0 Å². The number of pyridine rings is 1. The van der Waals surface area contributed by atoms with Gasteiger partial charge in [0, 0.05) is 28.7 Å². The van der Waals surface area contributed by atoms with Crippen molar-refractivity contribution in [2.45, 2.75) is 16.6 Å². The molecule has 0 bridgehead atoms. The van der Waals surface area contributed by atoms with Crippen molar-refractivity contribution >= 4 is 35.0 Å². The van der Waals surface area contributed by atoms with Crippen LogP contribution in [-0.4, -0.2) is 16.8 Å². The van der Waals surface area contributed by atoms with E-state index < -0.39 is 5.25 Å². The van der Waals surface area contributed by atoms with Crippen molar-refractivity contribution in [1.82, 2.24) is 4.98 Å². The van der Waals surface area contributed by atoms with E-state index in [1.807, 2.05) is 84.9 Å². The van der Waals surface area contributed by atoms with Crippen LogP contribution < -0.4 is 10.6 Å². The molecular weight excluding hydrogens is 430 g/mol. The summed E-state index contributed by atoms with van der Waals surface area (Å²) >= 11 is 1.46. The predicted molar refractivity (Wildman–Crippen MR) is 133 cm³/mol. The molecule has 0 radical (unpaired) electrons. The fourth-order valence-electron chi connectivity index (χ4n) is 3.28. The van der Waals surface area contributed by atoms with Crippen LogP contribution in [0.5, 0.6) is 0 Å². The summed E-state index contributed by atoms with van der Waals surface area (Å²) in [4.78, 5) is 30.3. The molecule has 0 fully saturated rings. The molecule has 0 saturated carbocycles. The molecule has 0 aliphatic carbocycles. The zero-order valence-electron chi connectivity index (χ0n) is 17.8. The number of hydrogen-bond donors (Lipinski definition) is 2. The molecule has 4 aromatic rings. The van der Waals surface area contributed by atoms with Gasteiger partial charge in [-0.1, -0.05) is 60.7 Å². The Hall–Kier alpha value is -3.90. The summed E-state index contributed by atoms with van der Waals surface area (Å²) in [5.41, 5.74) is 3.30.